The maximum atomic E-state index is 10.9. The van der Waals surface area contributed by atoms with Crippen LogP contribution in [0.3, 0.4) is 0 Å². The number of thioether (sulfide) groups is 1. The molecule has 0 aromatic carbocycles. The van der Waals surface area contributed by atoms with Gasteiger partial charge in [-0.05, 0) is 20.4 Å². The molecule has 1 atom stereocenters. The fourth-order valence-electron chi connectivity index (χ4n) is 0.929. The number of ether oxygens (including phenoxy) is 1. The molecule has 1 N–H and O–H groups in total. The van der Waals surface area contributed by atoms with E-state index in [1.165, 1.54) is 0 Å². The molecule has 3 nitrogen and oxygen atoms in total. The van der Waals surface area contributed by atoms with Crippen molar-refractivity contribution in [3.05, 3.63) is 0 Å². The molecule has 0 saturated carbocycles. The standard InChI is InChI=1S/C9H19NO2S/c1-4-10-8(3)6-13-7-9(11)12-5-2/h8,10H,4-7H2,1-3H3. The Morgan fingerprint density at radius 3 is 2.77 bits per heavy atom. The molecule has 0 fully saturated rings. The van der Waals surface area contributed by atoms with Crippen molar-refractivity contribution in [3.8, 4) is 0 Å². The molecule has 0 bridgehead atoms. The van der Waals surface area contributed by atoms with E-state index in [1.807, 2.05) is 6.92 Å². The highest BCUT2D eigenvalue weighted by atomic mass is 32.2. The monoisotopic (exact) mass is 205 g/mol. The Hall–Kier alpha value is -0.220. The highest BCUT2D eigenvalue weighted by molar-refractivity contribution is 7.99. The van der Waals surface area contributed by atoms with E-state index in [0.29, 0.717) is 18.4 Å². The molecule has 13 heavy (non-hydrogen) atoms. The third kappa shape index (κ3) is 8.12. The first-order valence-corrected chi connectivity index (χ1v) is 5.82. The van der Waals surface area contributed by atoms with Gasteiger partial charge in [-0.2, -0.15) is 0 Å². The Morgan fingerprint density at radius 2 is 2.23 bits per heavy atom. The topological polar surface area (TPSA) is 38.3 Å². The Labute approximate surface area is 84.6 Å². The van der Waals surface area contributed by atoms with Crippen molar-refractivity contribution in [2.45, 2.75) is 26.8 Å². The predicted octanol–water partition coefficient (Wildman–Crippen LogP) is 1.28. The maximum absolute atomic E-state index is 10.9. The molecule has 0 saturated heterocycles. The average molecular weight is 205 g/mol. The Balaban J connectivity index is 3.28. The molecule has 78 valence electrons. The lowest BCUT2D eigenvalue weighted by Crippen LogP contribution is -2.28. The van der Waals surface area contributed by atoms with Gasteiger partial charge in [0.15, 0.2) is 0 Å². The minimum Gasteiger partial charge on any atom is -0.465 e. The Bertz CT molecular complexity index is 142. The van der Waals surface area contributed by atoms with Gasteiger partial charge in [0, 0.05) is 11.8 Å². The Kier molecular flexibility index (Phi) is 8.24. The van der Waals surface area contributed by atoms with Crippen LogP contribution in [-0.4, -0.2) is 36.7 Å². The van der Waals surface area contributed by atoms with Crippen molar-refractivity contribution in [2.24, 2.45) is 0 Å². The second kappa shape index (κ2) is 8.38. The highest BCUT2D eigenvalue weighted by Gasteiger charge is 2.04. The van der Waals surface area contributed by atoms with E-state index in [2.05, 4.69) is 19.2 Å². The molecule has 0 aromatic heterocycles. The second-order valence-corrected chi connectivity index (χ2v) is 3.81. The molecule has 0 aliphatic carbocycles. The number of nitrogens with one attached hydrogen (secondary N) is 1. The van der Waals surface area contributed by atoms with E-state index in [1.54, 1.807) is 11.8 Å². The van der Waals surface area contributed by atoms with Crippen LogP contribution < -0.4 is 5.32 Å². The molecular weight excluding hydrogens is 186 g/mol. The van der Waals surface area contributed by atoms with Crippen molar-refractivity contribution in [1.82, 2.24) is 5.32 Å². The van der Waals surface area contributed by atoms with Crippen LogP contribution in [-0.2, 0) is 9.53 Å². The van der Waals surface area contributed by atoms with Gasteiger partial charge in [-0.3, -0.25) is 4.79 Å². The number of esters is 1. The van der Waals surface area contributed by atoms with Crippen molar-refractivity contribution >= 4 is 17.7 Å². The van der Waals surface area contributed by atoms with Gasteiger partial charge in [0.1, 0.15) is 0 Å². The van der Waals surface area contributed by atoms with Gasteiger partial charge >= 0.3 is 5.97 Å². The van der Waals surface area contributed by atoms with Gasteiger partial charge in [0.05, 0.1) is 12.4 Å². The largest absolute Gasteiger partial charge is 0.465 e. The zero-order chi connectivity index (χ0) is 10.1. The van der Waals surface area contributed by atoms with Gasteiger partial charge < -0.3 is 10.1 Å². The van der Waals surface area contributed by atoms with E-state index in [0.717, 1.165) is 12.3 Å². The smallest absolute Gasteiger partial charge is 0.315 e. The summed E-state index contributed by atoms with van der Waals surface area (Å²) in [6, 6.07) is 0.462. The number of hydrogen-bond donors (Lipinski definition) is 1. The molecule has 0 aromatic rings. The molecule has 0 radical (unpaired) electrons. The normalized spacial score (nSPS) is 12.5. The van der Waals surface area contributed by atoms with Gasteiger partial charge in [-0.25, -0.2) is 0 Å². The zero-order valence-electron chi connectivity index (χ0n) is 8.63. The lowest BCUT2D eigenvalue weighted by molar-refractivity contribution is -0.139. The van der Waals surface area contributed by atoms with Crippen LogP contribution in [0.1, 0.15) is 20.8 Å². The molecular formula is C9H19NO2S. The number of rotatable bonds is 7. The summed E-state index contributed by atoms with van der Waals surface area (Å²) in [5.41, 5.74) is 0. The quantitative estimate of drug-likeness (QED) is 0.635. The first-order chi connectivity index (χ1) is 6.20. The van der Waals surface area contributed by atoms with Gasteiger partial charge in [0.2, 0.25) is 0 Å². The summed E-state index contributed by atoms with van der Waals surface area (Å²) < 4.78 is 4.80. The second-order valence-electron chi connectivity index (χ2n) is 2.78. The fourth-order valence-corrected chi connectivity index (χ4v) is 1.77. The molecule has 0 amide bonds. The van der Waals surface area contributed by atoms with Crippen molar-refractivity contribution in [3.63, 3.8) is 0 Å². The summed E-state index contributed by atoms with van der Waals surface area (Å²) >= 11 is 1.61. The summed E-state index contributed by atoms with van der Waals surface area (Å²) in [5, 5.41) is 3.28. The van der Waals surface area contributed by atoms with Crippen LogP contribution in [0.4, 0.5) is 0 Å². The fraction of sp³-hybridized carbons (Fsp3) is 0.889. The van der Waals surface area contributed by atoms with Gasteiger partial charge in [-0.1, -0.05) is 6.92 Å². The van der Waals surface area contributed by atoms with Crippen molar-refractivity contribution in [2.75, 3.05) is 24.7 Å². The highest BCUT2D eigenvalue weighted by Crippen LogP contribution is 2.03. The molecule has 0 heterocycles. The first kappa shape index (κ1) is 12.8. The van der Waals surface area contributed by atoms with E-state index in [9.17, 15) is 4.79 Å². The van der Waals surface area contributed by atoms with Crippen LogP contribution in [0.2, 0.25) is 0 Å². The number of carbonyl (C=O) groups excluding carboxylic acids is 1. The zero-order valence-corrected chi connectivity index (χ0v) is 9.45. The third-order valence-electron chi connectivity index (χ3n) is 1.45. The number of hydrogen-bond acceptors (Lipinski definition) is 4. The van der Waals surface area contributed by atoms with E-state index in [4.69, 9.17) is 4.74 Å². The lowest BCUT2D eigenvalue weighted by Gasteiger charge is -2.10. The molecule has 0 aliphatic heterocycles. The number of carbonyl (C=O) groups is 1. The van der Waals surface area contributed by atoms with E-state index in [-0.39, 0.29) is 5.97 Å². The molecule has 0 rings (SSSR count). The van der Waals surface area contributed by atoms with Gasteiger partial charge in [-0.15, -0.1) is 11.8 Å². The van der Waals surface area contributed by atoms with Crippen LogP contribution in [0.25, 0.3) is 0 Å². The molecule has 1 unspecified atom stereocenters. The van der Waals surface area contributed by atoms with Crippen LogP contribution in [0.5, 0.6) is 0 Å². The molecule has 0 spiro atoms. The summed E-state index contributed by atoms with van der Waals surface area (Å²) in [4.78, 5) is 10.9. The van der Waals surface area contributed by atoms with Crippen LogP contribution in [0.15, 0.2) is 0 Å². The minimum atomic E-state index is -0.115. The Morgan fingerprint density at radius 1 is 1.54 bits per heavy atom. The molecule has 0 aliphatic rings. The maximum Gasteiger partial charge on any atom is 0.315 e. The molecule has 4 heteroatoms. The minimum absolute atomic E-state index is 0.115. The summed E-state index contributed by atoms with van der Waals surface area (Å²) in [5.74, 6) is 1.30. The van der Waals surface area contributed by atoms with Crippen LogP contribution in [0, 0.1) is 0 Å². The summed E-state index contributed by atoms with van der Waals surface area (Å²) in [6.45, 7) is 7.46. The first-order valence-electron chi connectivity index (χ1n) is 4.67. The van der Waals surface area contributed by atoms with E-state index < -0.39 is 0 Å². The third-order valence-corrected chi connectivity index (χ3v) is 2.62. The lowest BCUT2D eigenvalue weighted by atomic mass is 10.4. The van der Waals surface area contributed by atoms with Crippen LogP contribution >= 0.6 is 11.8 Å². The van der Waals surface area contributed by atoms with Crippen molar-refractivity contribution < 1.29 is 9.53 Å². The van der Waals surface area contributed by atoms with E-state index >= 15 is 0 Å². The van der Waals surface area contributed by atoms with Crippen molar-refractivity contribution in [1.29, 1.82) is 0 Å². The summed E-state index contributed by atoms with van der Waals surface area (Å²) in [7, 11) is 0. The average Bonchev–Trinajstić information content (AvgIpc) is 2.05. The van der Waals surface area contributed by atoms with Gasteiger partial charge in [0.25, 0.3) is 0 Å². The summed E-state index contributed by atoms with van der Waals surface area (Å²) in [6.07, 6.45) is 0. The predicted molar refractivity (Wildman–Crippen MR) is 57.1 cm³/mol. The SMILES string of the molecule is CCNC(C)CSCC(=O)OCC.